The molecule has 11 heavy (non-hydrogen) atoms. The summed E-state index contributed by atoms with van der Waals surface area (Å²) in [6.45, 7) is 0. The van der Waals surface area contributed by atoms with Gasteiger partial charge in [-0.15, -0.1) is 0 Å². The molecule has 0 heterocycles. The normalized spacial score (nSPS) is 18.3. The van der Waals surface area contributed by atoms with Gasteiger partial charge in [-0.05, 0) is 6.08 Å². The zero-order valence-electron chi connectivity index (χ0n) is 5.65. The van der Waals surface area contributed by atoms with Crippen LogP contribution in [0.2, 0.25) is 0 Å². The van der Waals surface area contributed by atoms with Crippen LogP contribution in [-0.2, 0) is 10.0 Å². The lowest BCUT2D eigenvalue weighted by molar-refractivity contribution is 0.605. The van der Waals surface area contributed by atoms with Crippen LogP contribution in [0.25, 0.3) is 0 Å². The van der Waals surface area contributed by atoms with Crippen molar-refractivity contribution in [1.82, 2.24) is 0 Å². The highest BCUT2D eigenvalue weighted by Gasteiger charge is 2.16. The summed E-state index contributed by atoms with van der Waals surface area (Å²) in [7, 11) is -3.61. The molecule has 0 amide bonds. The molecule has 1 aliphatic rings. The molecule has 60 valence electrons. The predicted molar refractivity (Wildman–Crippen MR) is 47.5 cm³/mol. The summed E-state index contributed by atoms with van der Waals surface area (Å²) >= 11 is 4.80. The molecule has 0 saturated carbocycles. The zero-order valence-corrected chi connectivity index (χ0v) is 7.28. The molecule has 5 heteroatoms. The van der Waals surface area contributed by atoms with Gasteiger partial charge in [-0.2, -0.15) is 0 Å². The van der Waals surface area contributed by atoms with E-state index in [2.05, 4.69) is 0 Å². The van der Waals surface area contributed by atoms with E-state index in [1.807, 2.05) is 0 Å². The molecule has 0 saturated heterocycles. The predicted octanol–water partition coefficient (Wildman–Crippen LogP) is 0.489. The molecule has 0 radical (unpaired) electrons. The third-order valence-corrected chi connectivity index (χ3v) is 2.78. The van der Waals surface area contributed by atoms with Gasteiger partial charge in [0.2, 0.25) is 10.0 Å². The second-order valence-electron chi connectivity index (χ2n) is 2.13. The summed E-state index contributed by atoms with van der Waals surface area (Å²) in [6.07, 6.45) is 5.32. The maximum absolute atomic E-state index is 10.8. The van der Waals surface area contributed by atoms with Gasteiger partial charge in [0.05, 0.1) is 4.91 Å². The Morgan fingerprint density at radius 1 is 1.55 bits per heavy atom. The molecule has 0 fully saturated rings. The molecule has 1 aliphatic carbocycles. The van der Waals surface area contributed by atoms with Crippen LogP contribution in [-0.4, -0.2) is 13.3 Å². The third-order valence-electron chi connectivity index (χ3n) is 1.27. The van der Waals surface area contributed by atoms with Gasteiger partial charge < -0.3 is 0 Å². The van der Waals surface area contributed by atoms with E-state index in [-0.39, 0.29) is 4.91 Å². The summed E-state index contributed by atoms with van der Waals surface area (Å²) in [5, 5.41) is 4.88. The summed E-state index contributed by atoms with van der Waals surface area (Å²) in [6, 6.07) is 0. The average Bonchev–Trinajstić information content (AvgIpc) is 1.86. The van der Waals surface area contributed by atoms with Crippen LogP contribution in [0.4, 0.5) is 0 Å². The van der Waals surface area contributed by atoms with Crippen molar-refractivity contribution in [2.24, 2.45) is 5.14 Å². The maximum Gasteiger partial charge on any atom is 0.239 e. The first-order chi connectivity index (χ1) is 5.02. The number of allylic oxidation sites excluding steroid dienone is 4. The van der Waals surface area contributed by atoms with Crippen molar-refractivity contribution in [3.63, 3.8) is 0 Å². The number of thiocarbonyl (C=S) groups is 1. The fraction of sp³-hybridized carbons (Fsp3) is 0.167. The Morgan fingerprint density at radius 2 is 2.18 bits per heavy atom. The molecule has 2 N–H and O–H groups in total. The fourth-order valence-electron chi connectivity index (χ4n) is 0.778. The molecule has 0 aromatic heterocycles. The standard InChI is InChI=1S/C6H7NO2S2/c7-11(8,9)6-4-2-1-3-5(6)10/h1-2,4H,3H2,(H2,7,8,9). The molecule has 1 rings (SSSR count). The molecular weight excluding hydrogens is 182 g/mol. The van der Waals surface area contributed by atoms with Gasteiger partial charge in [-0.25, -0.2) is 13.6 Å². The Bertz CT molecular complexity index is 338. The average molecular weight is 189 g/mol. The van der Waals surface area contributed by atoms with Gasteiger partial charge in [0.15, 0.2) is 0 Å². The van der Waals surface area contributed by atoms with E-state index in [1.165, 1.54) is 6.08 Å². The number of rotatable bonds is 1. The lowest BCUT2D eigenvalue weighted by atomic mass is 10.2. The molecule has 0 spiro atoms. The molecule has 0 bridgehead atoms. The van der Waals surface area contributed by atoms with Crippen LogP contribution in [0.15, 0.2) is 23.1 Å². The van der Waals surface area contributed by atoms with Gasteiger partial charge >= 0.3 is 0 Å². The first-order valence-corrected chi connectivity index (χ1v) is 4.90. The minimum absolute atomic E-state index is 0.0648. The van der Waals surface area contributed by atoms with E-state index < -0.39 is 10.0 Å². The Morgan fingerprint density at radius 3 is 2.55 bits per heavy atom. The second kappa shape index (κ2) is 2.84. The molecule has 0 atom stereocenters. The summed E-state index contributed by atoms with van der Waals surface area (Å²) in [4.78, 5) is 0.449. The van der Waals surface area contributed by atoms with Crippen molar-refractivity contribution < 1.29 is 8.42 Å². The van der Waals surface area contributed by atoms with Crippen molar-refractivity contribution in [1.29, 1.82) is 0 Å². The minimum atomic E-state index is -3.61. The summed E-state index contributed by atoms with van der Waals surface area (Å²) in [5.41, 5.74) is 0. The number of sulfonamides is 1. The molecule has 0 unspecified atom stereocenters. The van der Waals surface area contributed by atoms with E-state index in [4.69, 9.17) is 17.4 Å². The zero-order chi connectivity index (χ0) is 8.48. The van der Waals surface area contributed by atoms with Gasteiger partial charge in [-0.1, -0.05) is 24.4 Å². The molecular formula is C6H7NO2S2. The Kier molecular flexibility index (Phi) is 2.22. The van der Waals surface area contributed by atoms with E-state index in [0.717, 1.165) is 0 Å². The van der Waals surface area contributed by atoms with Crippen molar-refractivity contribution in [2.45, 2.75) is 6.42 Å². The van der Waals surface area contributed by atoms with Crippen LogP contribution >= 0.6 is 12.2 Å². The van der Waals surface area contributed by atoms with E-state index in [0.29, 0.717) is 11.3 Å². The first-order valence-electron chi connectivity index (χ1n) is 2.94. The summed E-state index contributed by atoms with van der Waals surface area (Å²) < 4.78 is 21.6. The Hall–Kier alpha value is -0.520. The highest BCUT2D eigenvalue weighted by molar-refractivity contribution is 7.96. The molecule has 3 nitrogen and oxygen atoms in total. The van der Waals surface area contributed by atoms with Crippen LogP contribution in [0, 0.1) is 0 Å². The highest BCUT2D eigenvalue weighted by atomic mass is 32.2. The van der Waals surface area contributed by atoms with Crippen LogP contribution in [0.1, 0.15) is 6.42 Å². The molecule has 0 aliphatic heterocycles. The molecule has 0 aromatic rings. The fourth-order valence-corrected chi connectivity index (χ4v) is 1.96. The maximum atomic E-state index is 10.8. The topological polar surface area (TPSA) is 60.2 Å². The number of hydrogen-bond acceptors (Lipinski definition) is 3. The summed E-state index contributed by atoms with van der Waals surface area (Å²) in [5.74, 6) is 0. The number of hydrogen-bond donors (Lipinski definition) is 1. The van der Waals surface area contributed by atoms with Gasteiger partial charge in [0.1, 0.15) is 0 Å². The quantitative estimate of drug-likeness (QED) is 0.611. The van der Waals surface area contributed by atoms with Crippen molar-refractivity contribution in [3.05, 3.63) is 23.1 Å². The largest absolute Gasteiger partial charge is 0.239 e. The smallest absolute Gasteiger partial charge is 0.225 e. The van der Waals surface area contributed by atoms with Crippen molar-refractivity contribution in [2.75, 3.05) is 0 Å². The minimum Gasteiger partial charge on any atom is -0.225 e. The lowest BCUT2D eigenvalue weighted by Crippen LogP contribution is -2.20. The number of nitrogens with two attached hydrogens (primary N) is 1. The second-order valence-corrected chi connectivity index (χ2v) is 4.15. The first kappa shape index (κ1) is 8.58. The number of primary sulfonamides is 1. The van der Waals surface area contributed by atoms with Gasteiger partial charge in [-0.3, -0.25) is 0 Å². The highest BCUT2D eigenvalue weighted by Crippen LogP contribution is 2.13. The monoisotopic (exact) mass is 189 g/mol. The van der Waals surface area contributed by atoms with E-state index >= 15 is 0 Å². The lowest BCUT2D eigenvalue weighted by Gasteiger charge is -2.06. The van der Waals surface area contributed by atoms with Crippen molar-refractivity contribution >= 4 is 27.1 Å². The van der Waals surface area contributed by atoms with E-state index in [9.17, 15) is 8.42 Å². The van der Waals surface area contributed by atoms with Gasteiger partial charge in [0.25, 0.3) is 0 Å². The van der Waals surface area contributed by atoms with Crippen LogP contribution in [0.3, 0.4) is 0 Å². The van der Waals surface area contributed by atoms with E-state index in [1.54, 1.807) is 12.2 Å². The molecule has 0 aromatic carbocycles. The van der Waals surface area contributed by atoms with Crippen LogP contribution < -0.4 is 5.14 Å². The third kappa shape index (κ3) is 1.95. The van der Waals surface area contributed by atoms with Crippen molar-refractivity contribution in [3.8, 4) is 0 Å². The Balaban J connectivity index is 3.14. The van der Waals surface area contributed by atoms with Gasteiger partial charge in [0, 0.05) is 11.3 Å². The Labute approximate surface area is 70.6 Å². The van der Waals surface area contributed by atoms with Crippen LogP contribution in [0.5, 0.6) is 0 Å². The SMILES string of the molecule is NS(=O)(=O)C1=CC=CCC1=S.